The maximum absolute atomic E-state index is 10.3. The lowest BCUT2D eigenvalue weighted by atomic mass is 10.2. The fourth-order valence-corrected chi connectivity index (χ4v) is 3.78. The lowest BCUT2D eigenvalue weighted by Gasteiger charge is -2.36. The number of aromatic hydroxyl groups is 1. The Balaban J connectivity index is 1.55. The van der Waals surface area contributed by atoms with Crippen molar-refractivity contribution in [2.45, 2.75) is 59.0 Å². The van der Waals surface area contributed by atoms with Gasteiger partial charge >= 0.3 is 0 Å². The van der Waals surface area contributed by atoms with Gasteiger partial charge in [0.1, 0.15) is 0 Å². The Morgan fingerprint density at radius 2 is 1.76 bits per heavy atom. The summed E-state index contributed by atoms with van der Waals surface area (Å²) in [5.41, 5.74) is 7.10. The molecule has 0 atom stereocenters. The number of unbranched alkanes of at least 4 members (excludes halogenated alkanes) is 2. The standard InChI is InChI=1S/C20H36N8O/c1-4-5-8-22-19-24-17(21)16-18(25-19)28(20(29)23-16)10-7-6-9-26-11-13-27(14-12-26)15(2)3/h15H,4-14H2,1-3H3,(H,23,29)(H3,21,22,24,25). The number of rotatable bonds is 10. The first-order valence-corrected chi connectivity index (χ1v) is 10.9. The van der Waals surface area contributed by atoms with Crippen molar-refractivity contribution in [2.24, 2.45) is 0 Å². The molecule has 2 aromatic heterocycles. The van der Waals surface area contributed by atoms with Crippen LogP contribution in [0.4, 0.5) is 11.8 Å². The van der Waals surface area contributed by atoms with E-state index in [0.29, 0.717) is 35.5 Å². The molecule has 4 N–H and O–H groups in total. The molecule has 0 aromatic carbocycles. The van der Waals surface area contributed by atoms with Crippen molar-refractivity contribution in [1.82, 2.24) is 29.3 Å². The second-order valence-corrected chi connectivity index (χ2v) is 8.13. The minimum Gasteiger partial charge on any atom is -0.480 e. The van der Waals surface area contributed by atoms with Gasteiger partial charge in [-0.1, -0.05) is 13.3 Å². The van der Waals surface area contributed by atoms with E-state index in [9.17, 15) is 5.11 Å². The van der Waals surface area contributed by atoms with E-state index in [1.165, 1.54) is 0 Å². The molecule has 0 aliphatic carbocycles. The van der Waals surface area contributed by atoms with Gasteiger partial charge in [0, 0.05) is 45.3 Å². The SMILES string of the molecule is CCCCNc1nc(N)c2nc(O)n(CCCCN3CCN(C(C)C)CC3)c2n1. The Bertz CT molecular complexity index is 782. The van der Waals surface area contributed by atoms with E-state index in [1.807, 2.05) is 0 Å². The van der Waals surface area contributed by atoms with Crippen LogP contribution in [-0.4, -0.2) is 79.7 Å². The first kappa shape index (κ1) is 21.6. The molecule has 9 nitrogen and oxygen atoms in total. The van der Waals surface area contributed by atoms with E-state index >= 15 is 0 Å². The molecule has 0 spiro atoms. The zero-order valence-electron chi connectivity index (χ0n) is 18.1. The Labute approximate surface area is 173 Å². The second-order valence-electron chi connectivity index (χ2n) is 8.13. The van der Waals surface area contributed by atoms with Crippen LogP contribution < -0.4 is 11.1 Å². The van der Waals surface area contributed by atoms with Crippen LogP contribution in [0.5, 0.6) is 6.01 Å². The van der Waals surface area contributed by atoms with E-state index in [2.05, 4.69) is 50.8 Å². The van der Waals surface area contributed by atoms with Crippen molar-refractivity contribution >= 4 is 22.9 Å². The highest BCUT2D eigenvalue weighted by atomic mass is 16.3. The topological polar surface area (TPSA) is 108 Å². The number of aromatic nitrogens is 4. The minimum atomic E-state index is -0.0442. The van der Waals surface area contributed by atoms with Gasteiger partial charge in [0.25, 0.3) is 6.01 Å². The van der Waals surface area contributed by atoms with Gasteiger partial charge in [0.2, 0.25) is 5.95 Å². The third-order valence-corrected chi connectivity index (χ3v) is 5.66. The van der Waals surface area contributed by atoms with E-state index in [4.69, 9.17) is 5.73 Å². The molecule has 29 heavy (non-hydrogen) atoms. The second kappa shape index (κ2) is 10.1. The Morgan fingerprint density at radius 1 is 1.03 bits per heavy atom. The van der Waals surface area contributed by atoms with Gasteiger partial charge in [0.05, 0.1) is 0 Å². The third kappa shape index (κ3) is 5.48. The van der Waals surface area contributed by atoms with Gasteiger partial charge < -0.3 is 21.1 Å². The van der Waals surface area contributed by atoms with Crippen molar-refractivity contribution in [2.75, 3.05) is 50.3 Å². The van der Waals surface area contributed by atoms with Crippen molar-refractivity contribution < 1.29 is 5.11 Å². The van der Waals surface area contributed by atoms with Crippen molar-refractivity contribution in [3.05, 3.63) is 0 Å². The zero-order chi connectivity index (χ0) is 20.8. The van der Waals surface area contributed by atoms with Crippen LogP contribution in [0.15, 0.2) is 0 Å². The summed E-state index contributed by atoms with van der Waals surface area (Å²) in [6, 6.07) is 0.586. The third-order valence-electron chi connectivity index (χ3n) is 5.66. The van der Waals surface area contributed by atoms with Gasteiger partial charge in [-0.05, 0) is 39.7 Å². The summed E-state index contributed by atoms with van der Waals surface area (Å²) in [6.45, 7) is 13.8. The number of nitrogens with two attached hydrogens (primary N) is 1. The quantitative estimate of drug-likeness (QED) is 0.517. The monoisotopic (exact) mass is 404 g/mol. The number of nitrogens with zero attached hydrogens (tertiary/aromatic N) is 6. The average Bonchev–Trinajstić information content (AvgIpc) is 3.02. The van der Waals surface area contributed by atoms with Gasteiger partial charge in [-0.2, -0.15) is 15.0 Å². The maximum Gasteiger partial charge on any atom is 0.296 e. The Kier molecular flexibility index (Phi) is 7.49. The molecule has 0 bridgehead atoms. The Morgan fingerprint density at radius 3 is 2.45 bits per heavy atom. The number of nitrogen functional groups attached to an aromatic ring is 1. The average molecular weight is 405 g/mol. The van der Waals surface area contributed by atoms with E-state index in [1.54, 1.807) is 4.57 Å². The number of fused-ring (bicyclic) bond motifs is 1. The molecular weight excluding hydrogens is 368 g/mol. The molecule has 0 unspecified atom stereocenters. The van der Waals surface area contributed by atoms with Crippen LogP contribution in [0.3, 0.4) is 0 Å². The number of aryl methyl sites for hydroxylation is 1. The number of anilines is 2. The van der Waals surface area contributed by atoms with Crippen molar-refractivity contribution in [3.8, 4) is 6.01 Å². The number of nitrogens with one attached hydrogen (secondary N) is 1. The van der Waals surface area contributed by atoms with Crippen LogP contribution >= 0.6 is 0 Å². The van der Waals surface area contributed by atoms with E-state index in [0.717, 1.165) is 65.0 Å². The van der Waals surface area contributed by atoms with E-state index < -0.39 is 0 Å². The van der Waals surface area contributed by atoms with Gasteiger partial charge in [-0.15, -0.1) is 0 Å². The molecule has 2 aromatic rings. The van der Waals surface area contributed by atoms with Gasteiger partial charge in [-0.25, -0.2) is 0 Å². The zero-order valence-corrected chi connectivity index (χ0v) is 18.1. The predicted octanol–water partition coefficient (Wildman–Crippen LogP) is 2.13. The smallest absolute Gasteiger partial charge is 0.296 e. The highest BCUT2D eigenvalue weighted by Crippen LogP contribution is 2.24. The summed E-state index contributed by atoms with van der Waals surface area (Å²) in [4.78, 5) is 18.0. The summed E-state index contributed by atoms with van der Waals surface area (Å²) in [7, 11) is 0. The van der Waals surface area contributed by atoms with Crippen molar-refractivity contribution in [1.29, 1.82) is 0 Å². The van der Waals surface area contributed by atoms with Crippen LogP contribution in [0.1, 0.15) is 46.5 Å². The van der Waals surface area contributed by atoms with Gasteiger partial charge in [0.15, 0.2) is 17.0 Å². The first-order chi connectivity index (χ1) is 14.0. The summed E-state index contributed by atoms with van der Waals surface area (Å²) in [5.74, 6) is 0.790. The molecule has 1 saturated heterocycles. The number of imidazole rings is 1. The molecule has 0 saturated carbocycles. The normalized spacial score (nSPS) is 16.1. The fraction of sp³-hybridized carbons (Fsp3) is 0.750. The summed E-state index contributed by atoms with van der Waals surface area (Å²) < 4.78 is 1.75. The molecule has 3 rings (SSSR count). The molecule has 162 valence electrons. The maximum atomic E-state index is 10.3. The summed E-state index contributed by atoms with van der Waals surface area (Å²) >= 11 is 0. The fourth-order valence-electron chi connectivity index (χ4n) is 3.78. The summed E-state index contributed by atoms with van der Waals surface area (Å²) in [5, 5.41) is 13.5. The largest absolute Gasteiger partial charge is 0.480 e. The predicted molar refractivity (Wildman–Crippen MR) is 117 cm³/mol. The molecule has 9 heteroatoms. The molecule has 1 aliphatic heterocycles. The van der Waals surface area contributed by atoms with Crippen LogP contribution in [0.25, 0.3) is 11.2 Å². The molecular formula is C20H36N8O. The van der Waals surface area contributed by atoms with Crippen LogP contribution in [0, 0.1) is 0 Å². The first-order valence-electron chi connectivity index (χ1n) is 10.9. The lowest BCUT2D eigenvalue weighted by Crippen LogP contribution is -2.48. The molecule has 1 aliphatic rings. The highest BCUT2D eigenvalue weighted by Gasteiger charge is 2.19. The van der Waals surface area contributed by atoms with Gasteiger partial charge in [-0.3, -0.25) is 9.47 Å². The number of piperazine rings is 1. The van der Waals surface area contributed by atoms with Crippen molar-refractivity contribution in [3.63, 3.8) is 0 Å². The molecule has 0 radical (unpaired) electrons. The minimum absolute atomic E-state index is 0.0442. The lowest BCUT2D eigenvalue weighted by molar-refractivity contribution is 0.107. The molecule has 1 fully saturated rings. The molecule has 0 amide bonds. The molecule has 3 heterocycles. The number of hydrogen-bond acceptors (Lipinski definition) is 8. The highest BCUT2D eigenvalue weighted by molar-refractivity contribution is 5.84. The van der Waals surface area contributed by atoms with Crippen LogP contribution in [-0.2, 0) is 6.54 Å². The Hall–Kier alpha value is -2.13. The van der Waals surface area contributed by atoms with Crippen LogP contribution in [0.2, 0.25) is 0 Å². The van der Waals surface area contributed by atoms with E-state index in [-0.39, 0.29) is 6.01 Å². The summed E-state index contributed by atoms with van der Waals surface area (Å²) in [6.07, 6.45) is 4.15. The number of hydrogen-bond donors (Lipinski definition) is 3.